The number of benzene rings is 2. The Balaban J connectivity index is 1.64. The van der Waals surface area contributed by atoms with E-state index >= 15 is 0 Å². The van der Waals surface area contributed by atoms with Gasteiger partial charge in [0.15, 0.2) is 0 Å². The van der Waals surface area contributed by atoms with Crippen LogP contribution in [0.25, 0.3) is 0 Å². The molecular weight excluding hydrogens is 415 g/mol. The molecule has 0 aliphatic carbocycles. The number of hydrogen-bond donors (Lipinski definition) is 3. The molecule has 3 rings (SSSR count). The van der Waals surface area contributed by atoms with E-state index in [-0.39, 0.29) is 28.1 Å². The SMILES string of the molecule is O=C(N[C@@H](Cc1ccc(OC2CCNCC2)cc1)C(=O)O)c1c(Cl)cccc1Cl. The molecule has 2 aromatic rings. The third kappa shape index (κ3) is 5.85. The van der Waals surface area contributed by atoms with Crippen LogP contribution in [-0.2, 0) is 11.2 Å². The molecule has 1 heterocycles. The number of amides is 1. The summed E-state index contributed by atoms with van der Waals surface area (Å²) >= 11 is 12.1. The van der Waals surface area contributed by atoms with Gasteiger partial charge in [0.05, 0.1) is 15.6 Å². The van der Waals surface area contributed by atoms with Crippen LogP contribution >= 0.6 is 23.2 Å². The molecule has 0 bridgehead atoms. The molecule has 154 valence electrons. The molecule has 29 heavy (non-hydrogen) atoms. The van der Waals surface area contributed by atoms with E-state index in [1.807, 2.05) is 12.1 Å². The maximum absolute atomic E-state index is 12.5. The standard InChI is InChI=1S/C21H22Cl2N2O4/c22-16-2-1-3-17(23)19(16)20(26)25-18(21(27)28)12-13-4-6-14(7-5-13)29-15-8-10-24-11-9-15/h1-7,15,18,24H,8-12H2,(H,25,26)(H,27,28)/t18-/m0/s1. The fraction of sp³-hybridized carbons (Fsp3) is 0.333. The molecule has 0 unspecified atom stereocenters. The predicted octanol–water partition coefficient (Wildman–Crippen LogP) is 3.55. The van der Waals surface area contributed by atoms with Gasteiger partial charge in [0.25, 0.3) is 5.91 Å². The van der Waals surface area contributed by atoms with E-state index in [2.05, 4.69) is 10.6 Å². The highest BCUT2D eigenvalue weighted by atomic mass is 35.5. The molecule has 0 radical (unpaired) electrons. The molecular formula is C21H22Cl2N2O4. The number of carboxylic acid groups (broad SMARTS) is 1. The highest BCUT2D eigenvalue weighted by Crippen LogP contribution is 2.24. The van der Waals surface area contributed by atoms with Crippen molar-refractivity contribution in [1.29, 1.82) is 0 Å². The summed E-state index contributed by atoms with van der Waals surface area (Å²) in [6.07, 6.45) is 2.23. The first-order valence-electron chi connectivity index (χ1n) is 9.38. The minimum atomic E-state index is -1.14. The molecule has 0 saturated carbocycles. The highest BCUT2D eigenvalue weighted by molar-refractivity contribution is 6.39. The number of ether oxygens (including phenoxy) is 1. The van der Waals surface area contributed by atoms with Crippen molar-refractivity contribution in [2.75, 3.05) is 13.1 Å². The normalized spacial score (nSPS) is 15.5. The molecule has 1 fully saturated rings. The minimum Gasteiger partial charge on any atom is -0.490 e. The van der Waals surface area contributed by atoms with Crippen LogP contribution in [0, 0.1) is 0 Å². The summed E-state index contributed by atoms with van der Waals surface area (Å²) in [5.41, 5.74) is 0.827. The van der Waals surface area contributed by atoms with Gasteiger partial charge in [-0.05, 0) is 55.8 Å². The van der Waals surface area contributed by atoms with Crippen LogP contribution in [0.5, 0.6) is 5.75 Å². The summed E-state index contributed by atoms with van der Waals surface area (Å²) in [6.45, 7) is 1.89. The number of carbonyl (C=O) groups excluding carboxylic acids is 1. The first-order valence-corrected chi connectivity index (χ1v) is 10.1. The molecule has 0 aromatic heterocycles. The molecule has 1 aliphatic rings. The van der Waals surface area contributed by atoms with Gasteiger partial charge in [-0.25, -0.2) is 4.79 Å². The van der Waals surface area contributed by atoms with Gasteiger partial charge in [-0.2, -0.15) is 0 Å². The molecule has 1 aliphatic heterocycles. The summed E-state index contributed by atoms with van der Waals surface area (Å²) in [5, 5.41) is 15.6. The molecule has 1 saturated heterocycles. The zero-order valence-corrected chi connectivity index (χ0v) is 17.2. The van der Waals surface area contributed by atoms with Crippen molar-refractivity contribution in [1.82, 2.24) is 10.6 Å². The number of halogens is 2. The zero-order valence-electron chi connectivity index (χ0n) is 15.7. The van der Waals surface area contributed by atoms with Crippen molar-refractivity contribution >= 4 is 35.1 Å². The molecule has 1 atom stereocenters. The summed E-state index contributed by atoms with van der Waals surface area (Å²) in [5.74, 6) is -1.02. The monoisotopic (exact) mass is 436 g/mol. The van der Waals surface area contributed by atoms with Crippen LogP contribution in [0.4, 0.5) is 0 Å². The van der Waals surface area contributed by atoms with E-state index in [0.717, 1.165) is 37.2 Å². The van der Waals surface area contributed by atoms with Gasteiger partial charge < -0.3 is 20.5 Å². The molecule has 1 amide bonds. The topological polar surface area (TPSA) is 87.7 Å². The summed E-state index contributed by atoms with van der Waals surface area (Å²) < 4.78 is 5.96. The summed E-state index contributed by atoms with van der Waals surface area (Å²) in [4.78, 5) is 24.2. The van der Waals surface area contributed by atoms with E-state index in [1.165, 1.54) is 12.1 Å². The first-order chi connectivity index (χ1) is 13.9. The Bertz CT molecular complexity index is 847. The van der Waals surface area contributed by atoms with Gasteiger partial charge in [-0.15, -0.1) is 0 Å². The van der Waals surface area contributed by atoms with Gasteiger partial charge in [0, 0.05) is 6.42 Å². The van der Waals surface area contributed by atoms with Gasteiger partial charge in [-0.1, -0.05) is 41.4 Å². The molecule has 3 N–H and O–H groups in total. The van der Waals surface area contributed by atoms with Crippen molar-refractivity contribution < 1.29 is 19.4 Å². The Labute approximate surface area is 179 Å². The third-order valence-electron chi connectivity index (χ3n) is 4.75. The lowest BCUT2D eigenvalue weighted by atomic mass is 10.0. The minimum absolute atomic E-state index is 0.0628. The fourth-order valence-electron chi connectivity index (χ4n) is 3.19. The smallest absolute Gasteiger partial charge is 0.326 e. The average Bonchev–Trinajstić information content (AvgIpc) is 2.69. The van der Waals surface area contributed by atoms with Gasteiger partial charge in [0.2, 0.25) is 0 Å². The average molecular weight is 437 g/mol. The second kappa shape index (κ2) is 9.96. The predicted molar refractivity (Wildman–Crippen MR) is 112 cm³/mol. The maximum Gasteiger partial charge on any atom is 0.326 e. The molecule has 6 nitrogen and oxygen atoms in total. The van der Waals surface area contributed by atoms with Crippen LogP contribution in [-0.4, -0.2) is 42.2 Å². The quantitative estimate of drug-likeness (QED) is 0.617. The third-order valence-corrected chi connectivity index (χ3v) is 5.38. The lowest BCUT2D eigenvalue weighted by molar-refractivity contribution is -0.139. The maximum atomic E-state index is 12.5. The van der Waals surface area contributed by atoms with Crippen LogP contribution in [0.15, 0.2) is 42.5 Å². The van der Waals surface area contributed by atoms with E-state index in [0.29, 0.717) is 0 Å². The molecule has 8 heteroatoms. The number of nitrogens with one attached hydrogen (secondary N) is 2. The van der Waals surface area contributed by atoms with E-state index in [4.69, 9.17) is 27.9 Å². The Morgan fingerprint density at radius 3 is 2.31 bits per heavy atom. The van der Waals surface area contributed by atoms with Gasteiger partial charge in [-0.3, -0.25) is 4.79 Å². The van der Waals surface area contributed by atoms with Crippen LogP contribution in [0.1, 0.15) is 28.8 Å². The Morgan fingerprint density at radius 1 is 1.10 bits per heavy atom. The van der Waals surface area contributed by atoms with E-state index in [1.54, 1.807) is 18.2 Å². The van der Waals surface area contributed by atoms with E-state index < -0.39 is 17.9 Å². The number of piperidine rings is 1. The second-order valence-corrected chi connectivity index (χ2v) is 7.69. The summed E-state index contributed by atoms with van der Waals surface area (Å²) in [7, 11) is 0. The first kappa shape index (κ1) is 21.4. The largest absolute Gasteiger partial charge is 0.490 e. The zero-order chi connectivity index (χ0) is 20.8. The Morgan fingerprint density at radius 2 is 1.72 bits per heavy atom. The fourth-order valence-corrected chi connectivity index (χ4v) is 3.76. The number of rotatable bonds is 7. The van der Waals surface area contributed by atoms with Crippen LogP contribution < -0.4 is 15.4 Å². The van der Waals surface area contributed by atoms with Crippen molar-refractivity contribution in [3.63, 3.8) is 0 Å². The second-order valence-electron chi connectivity index (χ2n) is 6.88. The molecule has 2 aromatic carbocycles. The number of carboxylic acids is 1. The highest BCUT2D eigenvalue weighted by Gasteiger charge is 2.24. The van der Waals surface area contributed by atoms with Crippen LogP contribution in [0.3, 0.4) is 0 Å². The van der Waals surface area contributed by atoms with Crippen molar-refractivity contribution in [2.45, 2.75) is 31.4 Å². The van der Waals surface area contributed by atoms with Gasteiger partial charge in [0.1, 0.15) is 17.9 Å². The van der Waals surface area contributed by atoms with E-state index in [9.17, 15) is 14.7 Å². The van der Waals surface area contributed by atoms with Crippen molar-refractivity contribution in [3.8, 4) is 5.75 Å². The van der Waals surface area contributed by atoms with Crippen molar-refractivity contribution in [2.24, 2.45) is 0 Å². The van der Waals surface area contributed by atoms with Gasteiger partial charge >= 0.3 is 5.97 Å². The number of hydrogen-bond acceptors (Lipinski definition) is 4. The van der Waals surface area contributed by atoms with Crippen LogP contribution in [0.2, 0.25) is 10.0 Å². The lowest BCUT2D eigenvalue weighted by Gasteiger charge is -2.24. The van der Waals surface area contributed by atoms with Crippen molar-refractivity contribution in [3.05, 3.63) is 63.6 Å². The number of aliphatic carboxylic acids is 1. The Kier molecular flexibility index (Phi) is 7.36. The molecule has 0 spiro atoms. The summed E-state index contributed by atoms with van der Waals surface area (Å²) in [6, 6.07) is 10.8. The lowest BCUT2D eigenvalue weighted by Crippen LogP contribution is -2.42. The Hall–Kier alpha value is -2.28. The number of carbonyl (C=O) groups is 2.